The van der Waals surface area contributed by atoms with E-state index in [1.165, 1.54) is 11.3 Å². The molecule has 0 bridgehead atoms. The van der Waals surface area contributed by atoms with Gasteiger partial charge in [0.05, 0.1) is 13.7 Å². The average Bonchev–Trinajstić information content (AvgIpc) is 3.20. The highest BCUT2D eigenvalue weighted by Crippen LogP contribution is 2.13. The quantitative estimate of drug-likeness (QED) is 0.563. The van der Waals surface area contributed by atoms with Gasteiger partial charge in [0.1, 0.15) is 5.75 Å². The van der Waals surface area contributed by atoms with Gasteiger partial charge in [-0.05, 0) is 35.9 Å². The largest absolute Gasteiger partial charge is 0.497 e. The normalized spacial score (nSPS) is 11.3. The number of methoxy groups -OCH3 is 2. The number of carbonyl (C=O) groups excluding carboxylic acids is 2. The van der Waals surface area contributed by atoms with Crippen LogP contribution in [0.2, 0.25) is 0 Å². The first-order chi connectivity index (χ1) is 14.6. The number of benzene rings is 2. The van der Waals surface area contributed by atoms with Crippen molar-refractivity contribution in [2.24, 2.45) is 4.99 Å². The minimum atomic E-state index is -0.326. The first-order valence-electron chi connectivity index (χ1n) is 9.34. The van der Waals surface area contributed by atoms with E-state index in [4.69, 9.17) is 9.47 Å². The van der Waals surface area contributed by atoms with Crippen molar-refractivity contribution in [3.05, 3.63) is 81.6 Å². The number of hydrogen-bond acceptors (Lipinski definition) is 5. The van der Waals surface area contributed by atoms with Gasteiger partial charge in [-0.1, -0.05) is 18.2 Å². The Bertz CT molecular complexity index is 1070. The minimum Gasteiger partial charge on any atom is -0.497 e. The Morgan fingerprint density at radius 3 is 2.63 bits per heavy atom. The molecule has 0 aliphatic heterocycles. The summed E-state index contributed by atoms with van der Waals surface area (Å²) in [4.78, 5) is 29.5. The maximum absolute atomic E-state index is 12.5. The van der Waals surface area contributed by atoms with Crippen molar-refractivity contribution in [2.75, 3.05) is 27.4 Å². The van der Waals surface area contributed by atoms with Gasteiger partial charge >= 0.3 is 0 Å². The standard InChI is InChI=1S/C22H23N3O4S/c1-28-12-10-23-20(26)17-8-6-16(7-9-17)15-25-11-13-30-22(25)24-21(27)18-4-3-5-19(14-18)29-2/h3-9,11,13-14H,10,12,15H2,1-2H3,(H,23,26). The maximum Gasteiger partial charge on any atom is 0.279 e. The molecule has 0 saturated carbocycles. The van der Waals surface area contributed by atoms with Crippen molar-refractivity contribution in [1.29, 1.82) is 0 Å². The lowest BCUT2D eigenvalue weighted by atomic mass is 10.1. The second-order valence-corrected chi connectivity index (χ2v) is 7.28. The van der Waals surface area contributed by atoms with Crippen LogP contribution in [0.1, 0.15) is 26.3 Å². The summed E-state index contributed by atoms with van der Waals surface area (Å²) < 4.78 is 12.0. The van der Waals surface area contributed by atoms with Crippen LogP contribution in [0.3, 0.4) is 0 Å². The molecule has 0 unspecified atom stereocenters. The second kappa shape index (κ2) is 10.5. The van der Waals surface area contributed by atoms with Gasteiger partial charge in [0, 0.05) is 42.9 Å². The summed E-state index contributed by atoms with van der Waals surface area (Å²) in [5.74, 6) is 0.149. The maximum atomic E-state index is 12.5. The number of carbonyl (C=O) groups is 2. The van der Waals surface area contributed by atoms with Crippen molar-refractivity contribution in [2.45, 2.75) is 6.54 Å². The third-order valence-corrected chi connectivity index (χ3v) is 5.13. The molecular weight excluding hydrogens is 402 g/mol. The molecular formula is C22H23N3O4S. The van der Waals surface area contributed by atoms with E-state index in [2.05, 4.69) is 10.3 Å². The van der Waals surface area contributed by atoms with Crippen LogP contribution in [0, 0.1) is 0 Å². The van der Waals surface area contributed by atoms with Gasteiger partial charge in [-0.15, -0.1) is 11.3 Å². The highest BCUT2D eigenvalue weighted by Gasteiger charge is 2.08. The Balaban J connectivity index is 1.71. The lowest BCUT2D eigenvalue weighted by Crippen LogP contribution is -2.26. The van der Waals surface area contributed by atoms with Crippen molar-refractivity contribution < 1.29 is 19.1 Å². The molecule has 3 aromatic rings. The van der Waals surface area contributed by atoms with Gasteiger partial charge in [-0.25, -0.2) is 0 Å². The number of thiazole rings is 1. The molecule has 2 aromatic carbocycles. The predicted octanol–water partition coefficient (Wildman–Crippen LogP) is 2.72. The van der Waals surface area contributed by atoms with Crippen LogP contribution in [0.4, 0.5) is 0 Å². The van der Waals surface area contributed by atoms with Gasteiger partial charge in [-0.3, -0.25) is 9.59 Å². The topological polar surface area (TPSA) is 81.9 Å². The van der Waals surface area contributed by atoms with Gasteiger partial charge < -0.3 is 19.4 Å². The molecule has 1 heterocycles. The zero-order valence-corrected chi connectivity index (χ0v) is 17.6. The zero-order chi connectivity index (χ0) is 21.3. The molecule has 0 fully saturated rings. The smallest absolute Gasteiger partial charge is 0.279 e. The van der Waals surface area contributed by atoms with E-state index in [0.717, 1.165) is 5.56 Å². The van der Waals surface area contributed by atoms with E-state index in [0.29, 0.717) is 41.4 Å². The lowest BCUT2D eigenvalue weighted by molar-refractivity contribution is 0.0936. The fourth-order valence-electron chi connectivity index (χ4n) is 2.74. The summed E-state index contributed by atoms with van der Waals surface area (Å²) in [6, 6.07) is 14.3. The van der Waals surface area contributed by atoms with E-state index in [9.17, 15) is 9.59 Å². The van der Waals surface area contributed by atoms with Crippen molar-refractivity contribution in [3.8, 4) is 5.75 Å². The lowest BCUT2D eigenvalue weighted by Gasteiger charge is -2.07. The summed E-state index contributed by atoms with van der Waals surface area (Å²) in [5, 5.41) is 4.67. The Kier molecular flexibility index (Phi) is 7.53. The molecule has 0 radical (unpaired) electrons. The Morgan fingerprint density at radius 1 is 1.10 bits per heavy atom. The second-order valence-electron chi connectivity index (χ2n) is 6.41. The van der Waals surface area contributed by atoms with Crippen LogP contribution in [0.5, 0.6) is 5.75 Å². The van der Waals surface area contributed by atoms with E-state index in [1.54, 1.807) is 50.6 Å². The summed E-state index contributed by atoms with van der Waals surface area (Å²) in [7, 11) is 3.15. The molecule has 0 atom stereocenters. The van der Waals surface area contributed by atoms with E-state index < -0.39 is 0 Å². The molecule has 156 valence electrons. The molecule has 2 amide bonds. The number of nitrogens with one attached hydrogen (secondary N) is 1. The van der Waals surface area contributed by atoms with Gasteiger partial charge in [0.25, 0.3) is 11.8 Å². The molecule has 3 rings (SSSR count). The van der Waals surface area contributed by atoms with Crippen LogP contribution in [0.25, 0.3) is 0 Å². The third-order valence-electron chi connectivity index (χ3n) is 4.33. The third kappa shape index (κ3) is 5.65. The Hall–Kier alpha value is -3.23. The van der Waals surface area contributed by atoms with Crippen LogP contribution >= 0.6 is 11.3 Å². The fourth-order valence-corrected chi connectivity index (χ4v) is 3.47. The Labute approximate surface area is 178 Å². The molecule has 1 aromatic heterocycles. The minimum absolute atomic E-state index is 0.138. The first kappa shape index (κ1) is 21.5. The molecule has 30 heavy (non-hydrogen) atoms. The molecule has 0 spiro atoms. The van der Waals surface area contributed by atoms with Crippen molar-refractivity contribution in [3.63, 3.8) is 0 Å². The van der Waals surface area contributed by atoms with Crippen LogP contribution in [-0.2, 0) is 11.3 Å². The summed E-state index contributed by atoms with van der Waals surface area (Å²) in [5.41, 5.74) is 2.05. The van der Waals surface area contributed by atoms with Crippen molar-refractivity contribution in [1.82, 2.24) is 9.88 Å². The molecule has 1 N–H and O–H groups in total. The number of nitrogens with zero attached hydrogens (tertiary/aromatic N) is 2. The van der Waals surface area contributed by atoms with Crippen LogP contribution in [0.15, 0.2) is 65.1 Å². The van der Waals surface area contributed by atoms with E-state index in [1.807, 2.05) is 28.3 Å². The number of aromatic nitrogens is 1. The predicted molar refractivity (Wildman–Crippen MR) is 115 cm³/mol. The summed E-state index contributed by atoms with van der Waals surface area (Å²) >= 11 is 1.39. The molecule has 7 nitrogen and oxygen atoms in total. The first-order valence-corrected chi connectivity index (χ1v) is 10.2. The highest BCUT2D eigenvalue weighted by molar-refractivity contribution is 7.07. The monoisotopic (exact) mass is 425 g/mol. The summed E-state index contributed by atoms with van der Waals surface area (Å²) in [6.07, 6.45) is 1.88. The fraction of sp³-hybridized carbons (Fsp3) is 0.227. The van der Waals surface area contributed by atoms with Gasteiger partial charge in [0.2, 0.25) is 0 Å². The summed E-state index contributed by atoms with van der Waals surface area (Å²) in [6.45, 7) is 1.48. The van der Waals surface area contributed by atoms with E-state index >= 15 is 0 Å². The molecule has 0 saturated heterocycles. The number of rotatable bonds is 8. The number of hydrogen-bond donors (Lipinski definition) is 1. The molecule has 0 aliphatic carbocycles. The number of amides is 2. The highest BCUT2D eigenvalue weighted by atomic mass is 32.1. The van der Waals surface area contributed by atoms with Gasteiger partial charge in [-0.2, -0.15) is 4.99 Å². The van der Waals surface area contributed by atoms with Crippen LogP contribution in [-0.4, -0.2) is 43.8 Å². The SMILES string of the molecule is COCCNC(=O)c1ccc(Cn2ccsc2=NC(=O)c2cccc(OC)c2)cc1. The van der Waals surface area contributed by atoms with Crippen LogP contribution < -0.4 is 14.9 Å². The van der Waals surface area contributed by atoms with Gasteiger partial charge in [0.15, 0.2) is 4.80 Å². The number of ether oxygens (including phenoxy) is 2. The zero-order valence-electron chi connectivity index (χ0n) is 16.8. The van der Waals surface area contributed by atoms with Crippen molar-refractivity contribution >= 4 is 23.2 Å². The molecule has 0 aliphatic rings. The molecule has 8 heteroatoms. The van der Waals surface area contributed by atoms with E-state index in [-0.39, 0.29) is 11.8 Å². The average molecular weight is 426 g/mol. The Morgan fingerprint density at radius 2 is 1.90 bits per heavy atom.